The SMILES string of the molecule is O=C(CC1CC2CCC1C2)NCC1(O)CCSC1. The maximum absolute atomic E-state index is 11.9. The van der Waals surface area contributed by atoms with E-state index in [-0.39, 0.29) is 5.91 Å². The highest BCUT2D eigenvalue weighted by molar-refractivity contribution is 7.99. The lowest BCUT2D eigenvalue weighted by molar-refractivity contribution is -0.123. The summed E-state index contributed by atoms with van der Waals surface area (Å²) in [5, 5.41) is 13.1. The first-order valence-electron chi connectivity index (χ1n) is 7.21. The summed E-state index contributed by atoms with van der Waals surface area (Å²) >= 11 is 1.77. The van der Waals surface area contributed by atoms with Crippen molar-refractivity contribution in [3.05, 3.63) is 0 Å². The Morgan fingerprint density at radius 2 is 2.28 bits per heavy atom. The minimum absolute atomic E-state index is 0.151. The first-order valence-corrected chi connectivity index (χ1v) is 8.37. The maximum Gasteiger partial charge on any atom is 0.220 e. The van der Waals surface area contributed by atoms with Crippen LogP contribution in [-0.4, -0.2) is 34.7 Å². The molecule has 1 aliphatic heterocycles. The van der Waals surface area contributed by atoms with Gasteiger partial charge < -0.3 is 10.4 Å². The summed E-state index contributed by atoms with van der Waals surface area (Å²) in [6, 6.07) is 0. The Kier molecular flexibility index (Phi) is 3.59. The third kappa shape index (κ3) is 2.69. The summed E-state index contributed by atoms with van der Waals surface area (Å²) in [6.07, 6.45) is 6.84. The number of aliphatic hydroxyl groups is 1. The van der Waals surface area contributed by atoms with E-state index in [2.05, 4.69) is 5.32 Å². The molecule has 0 aromatic carbocycles. The molecule has 102 valence electrons. The smallest absolute Gasteiger partial charge is 0.220 e. The van der Waals surface area contributed by atoms with Crippen molar-refractivity contribution in [2.45, 2.75) is 44.1 Å². The zero-order chi connectivity index (χ0) is 12.6. The van der Waals surface area contributed by atoms with Crippen LogP contribution in [0.5, 0.6) is 0 Å². The molecular weight excluding hydrogens is 246 g/mol. The number of fused-ring (bicyclic) bond motifs is 2. The van der Waals surface area contributed by atoms with Gasteiger partial charge in [-0.15, -0.1) is 0 Å². The molecule has 2 aliphatic carbocycles. The number of hydrogen-bond acceptors (Lipinski definition) is 3. The van der Waals surface area contributed by atoms with Crippen LogP contribution in [0.2, 0.25) is 0 Å². The topological polar surface area (TPSA) is 49.3 Å². The molecule has 0 aromatic heterocycles. The fourth-order valence-electron chi connectivity index (χ4n) is 3.94. The number of carbonyl (C=O) groups excluding carboxylic acids is 1. The molecular formula is C14H23NO2S. The van der Waals surface area contributed by atoms with Gasteiger partial charge in [0.05, 0.1) is 5.60 Å². The van der Waals surface area contributed by atoms with E-state index < -0.39 is 5.60 Å². The van der Waals surface area contributed by atoms with Crippen LogP contribution in [-0.2, 0) is 4.79 Å². The Hall–Kier alpha value is -0.220. The first-order chi connectivity index (χ1) is 8.65. The second kappa shape index (κ2) is 5.04. The summed E-state index contributed by atoms with van der Waals surface area (Å²) in [4.78, 5) is 11.9. The molecule has 3 aliphatic rings. The van der Waals surface area contributed by atoms with Gasteiger partial charge in [0.2, 0.25) is 5.91 Å². The van der Waals surface area contributed by atoms with Gasteiger partial charge in [0.1, 0.15) is 0 Å². The molecule has 1 amide bonds. The second-order valence-electron chi connectivity index (χ2n) is 6.44. The van der Waals surface area contributed by atoms with Crippen LogP contribution in [0.25, 0.3) is 0 Å². The molecule has 3 rings (SSSR count). The molecule has 2 bridgehead atoms. The molecule has 0 aromatic rings. The Balaban J connectivity index is 1.42. The lowest BCUT2D eigenvalue weighted by atomic mass is 9.86. The van der Waals surface area contributed by atoms with Crippen molar-refractivity contribution in [2.24, 2.45) is 17.8 Å². The predicted molar refractivity (Wildman–Crippen MR) is 73.5 cm³/mol. The number of amides is 1. The number of carbonyl (C=O) groups is 1. The zero-order valence-corrected chi connectivity index (χ0v) is 11.7. The Morgan fingerprint density at radius 1 is 1.39 bits per heavy atom. The van der Waals surface area contributed by atoms with Gasteiger partial charge in [0.25, 0.3) is 0 Å². The molecule has 4 heteroatoms. The molecule has 0 radical (unpaired) electrons. The van der Waals surface area contributed by atoms with Gasteiger partial charge in [-0.05, 0) is 49.2 Å². The monoisotopic (exact) mass is 269 g/mol. The minimum Gasteiger partial charge on any atom is -0.387 e. The quantitative estimate of drug-likeness (QED) is 0.818. The van der Waals surface area contributed by atoms with Gasteiger partial charge in [-0.3, -0.25) is 4.79 Å². The molecule has 3 nitrogen and oxygen atoms in total. The van der Waals surface area contributed by atoms with Gasteiger partial charge in [-0.25, -0.2) is 0 Å². The molecule has 4 atom stereocenters. The molecule has 1 heterocycles. The maximum atomic E-state index is 11.9. The number of nitrogens with one attached hydrogen (secondary N) is 1. The van der Waals surface area contributed by atoms with Crippen LogP contribution < -0.4 is 5.32 Å². The minimum atomic E-state index is -0.644. The van der Waals surface area contributed by atoms with Crippen molar-refractivity contribution < 1.29 is 9.90 Å². The standard InChI is InChI=1S/C14H23NO2S/c16-13(15-8-14(17)3-4-18-9-14)7-12-6-10-1-2-11(12)5-10/h10-12,17H,1-9H2,(H,15,16). The van der Waals surface area contributed by atoms with Crippen LogP contribution >= 0.6 is 11.8 Å². The van der Waals surface area contributed by atoms with Crippen molar-refractivity contribution in [3.63, 3.8) is 0 Å². The summed E-state index contributed by atoms with van der Waals surface area (Å²) in [5.74, 6) is 4.27. The normalized spacial score (nSPS) is 42.4. The van der Waals surface area contributed by atoms with Gasteiger partial charge >= 0.3 is 0 Å². The second-order valence-corrected chi connectivity index (χ2v) is 7.55. The lowest BCUT2D eigenvalue weighted by Crippen LogP contribution is -2.43. The summed E-state index contributed by atoms with van der Waals surface area (Å²) < 4.78 is 0. The molecule has 4 unspecified atom stereocenters. The van der Waals surface area contributed by atoms with E-state index in [1.54, 1.807) is 11.8 Å². The molecule has 2 N–H and O–H groups in total. The Morgan fingerprint density at radius 3 is 2.89 bits per heavy atom. The van der Waals surface area contributed by atoms with Crippen molar-refractivity contribution >= 4 is 17.7 Å². The largest absolute Gasteiger partial charge is 0.387 e. The summed E-state index contributed by atoms with van der Waals surface area (Å²) in [6.45, 7) is 0.444. The fourth-order valence-corrected chi connectivity index (χ4v) is 5.23. The van der Waals surface area contributed by atoms with Gasteiger partial charge in [-0.2, -0.15) is 11.8 Å². The third-order valence-corrected chi connectivity index (χ3v) is 6.26. The molecule has 18 heavy (non-hydrogen) atoms. The number of hydrogen-bond donors (Lipinski definition) is 2. The van der Waals surface area contributed by atoms with E-state index in [9.17, 15) is 9.90 Å². The summed E-state index contributed by atoms with van der Waals surface area (Å²) in [7, 11) is 0. The lowest BCUT2D eigenvalue weighted by Gasteiger charge is -2.24. The first kappa shape index (κ1) is 12.8. The van der Waals surface area contributed by atoms with Crippen LogP contribution in [0.15, 0.2) is 0 Å². The van der Waals surface area contributed by atoms with Crippen LogP contribution in [0.4, 0.5) is 0 Å². The average molecular weight is 269 g/mol. The van der Waals surface area contributed by atoms with E-state index in [4.69, 9.17) is 0 Å². The van der Waals surface area contributed by atoms with Crippen LogP contribution in [0.1, 0.15) is 38.5 Å². The Bertz CT molecular complexity index is 328. The molecule has 1 saturated heterocycles. The van der Waals surface area contributed by atoms with Crippen LogP contribution in [0.3, 0.4) is 0 Å². The highest BCUT2D eigenvalue weighted by atomic mass is 32.2. The van der Waals surface area contributed by atoms with Crippen molar-refractivity contribution in [3.8, 4) is 0 Å². The Labute approximate surface area is 113 Å². The zero-order valence-electron chi connectivity index (χ0n) is 10.9. The number of thioether (sulfide) groups is 1. The molecule has 2 saturated carbocycles. The molecule has 3 fully saturated rings. The fraction of sp³-hybridized carbons (Fsp3) is 0.929. The highest BCUT2D eigenvalue weighted by Crippen LogP contribution is 2.49. The van der Waals surface area contributed by atoms with Crippen molar-refractivity contribution in [2.75, 3.05) is 18.1 Å². The summed E-state index contributed by atoms with van der Waals surface area (Å²) in [5.41, 5.74) is -0.644. The van der Waals surface area contributed by atoms with Gasteiger partial charge in [0.15, 0.2) is 0 Å². The van der Waals surface area contributed by atoms with E-state index in [1.807, 2.05) is 0 Å². The van der Waals surface area contributed by atoms with E-state index in [0.29, 0.717) is 18.9 Å². The average Bonchev–Trinajstić information content (AvgIpc) is 3.03. The van der Waals surface area contributed by atoms with E-state index >= 15 is 0 Å². The molecule has 0 spiro atoms. The van der Waals surface area contributed by atoms with E-state index in [0.717, 1.165) is 29.8 Å². The van der Waals surface area contributed by atoms with Gasteiger partial charge in [-0.1, -0.05) is 6.42 Å². The predicted octanol–water partition coefficient (Wildman–Crippen LogP) is 1.80. The van der Waals surface area contributed by atoms with Crippen molar-refractivity contribution in [1.29, 1.82) is 0 Å². The van der Waals surface area contributed by atoms with E-state index in [1.165, 1.54) is 25.7 Å². The van der Waals surface area contributed by atoms with Crippen molar-refractivity contribution in [1.82, 2.24) is 5.32 Å². The van der Waals surface area contributed by atoms with Crippen LogP contribution in [0, 0.1) is 17.8 Å². The van der Waals surface area contributed by atoms with Gasteiger partial charge in [0, 0.05) is 18.7 Å². The third-order valence-electron chi connectivity index (χ3n) is 5.03. The highest BCUT2D eigenvalue weighted by Gasteiger charge is 2.40. The number of rotatable bonds is 4.